The van der Waals surface area contributed by atoms with Gasteiger partial charge in [0.15, 0.2) is 11.5 Å². The third-order valence-corrected chi connectivity index (χ3v) is 4.83. The molecule has 0 unspecified atom stereocenters. The largest absolute Gasteiger partial charge is 0.416 e. The number of aromatic nitrogens is 4. The molecule has 1 fully saturated rings. The normalized spacial score (nSPS) is 15.8. The zero-order valence-corrected chi connectivity index (χ0v) is 14.7. The summed E-state index contributed by atoms with van der Waals surface area (Å²) in [5.41, 5.74) is 0.688. The zero-order chi connectivity index (χ0) is 19.7. The van der Waals surface area contributed by atoms with Crippen LogP contribution in [0.2, 0.25) is 0 Å². The van der Waals surface area contributed by atoms with Crippen molar-refractivity contribution >= 4 is 28.6 Å². The first-order valence-corrected chi connectivity index (χ1v) is 8.79. The van der Waals surface area contributed by atoms with Gasteiger partial charge in [-0.1, -0.05) is 6.07 Å². The Labute approximate surface area is 158 Å². The molecule has 0 bridgehead atoms. The summed E-state index contributed by atoms with van der Waals surface area (Å²) in [6, 6.07) is 4.67. The summed E-state index contributed by atoms with van der Waals surface area (Å²) < 4.78 is 38.4. The lowest BCUT2D eigenvalue weighted by Gasteiger charge is -2.32. The second-order valence-electron chi connectivity index (χ2n) is 6.63. The molecule has 146 valence electrons. The third kappa shape index (κ3) is 3.62. The van der Waals surface area contributed by atoms with E-state index in [0.717, 1.165) is 23.5 Å². The predicted octanol–water partition coefficient (Wildman–Crippen LogP) is 3.23. The second kappa shape index (κ2) is 7.10. The van der Waals surface area contributed by atoms with Crippen LogP contribution in [0.15, 0.2) is 36.9 Å². The molecule has 0 saturated carbocycles. The van der Waals surface area contributed by atoms with Crippen molar-refractivity contribution in [2.75, 3.05) is 23.3 Å². The summed E-state index contributed by atoms with van der Waals surface area (Å²) in [4.78, 5) is 30.1. The van der Waals surface area contributed by atoms with Gasteiger partial charge >= 0.3 is 6.18 Å². The molecule has 0 atom stereocenters. The smallest absolute Gasteiger partial charge is 0.355 e. The zero-order valence-electron chi connectivity index (χ0n) is 14.7. The third-order valence-electron chi connectivity index (χ3n) is 4.83. The van der Waals surface area contributed by atoms with Crippen LogP contribution in [0.5, 0.6) is 0 Å². The maximum atomic E-state index is 12.8. The number of hydrogen-bond acceptors (Lipinski definition) is 5. The van der Waals surface area contributed by atoms with Gasteiger partial charge in [-0.25, -0.2) is 15.0 Å². The van der Waals surface area contributed by atoms with E-state index < -0.39 is 11.7 Å². The Morgan fingerprint density at radius 3 is 2.71 bits per heavy atom. The summed E-state index contributed by atoms with van der Waals surface area (Å²) in [5, 5.41) is 2.60. The number of fused-ring (bicyclic) bond motifs is 1. The van der Waals surface area contributed by atoms with Gasteiger partial charge in [-0.3, -0.25) is 4.79 Å². The fourth-order valence-electron chi connectivity index (χ4n) is 3.36. The molecule has 1 aromatic carbocycles. The molecule has 1 amide bonds. The molecule has 10 heteroatoms. The molecule has 3 aromatic rings. The number of anilines is 2. The molecule has 7 nitrogen and oxygen atoms in total. The number of piperidine rings is 1. The van der Waals surface area contributed by atoms with E-state index in [0.29, 0.717) is 31.6 Å². The van der Waals surface area contributed by atoms with E-state index in [2.05, 4.69) is 30.2 Å². The van der Waals surface area contributed by atoms with Gasteiger partial charge in [-0.05, 0) is 31.0 Å². The molecular weight excluding hydrogens is 373 g/mol. The van der Waals surface area contributed by atoms with Crippen LogP contribution in [0.4, 0.5) is 24.7 Å². The van der Waals surface area contributed by atoms with Crippen LogP contribution in [0, 0.1) is 5.92 Å². The van der Waals surface area contributed by atoms with Crippen molar-refractivity contribution in [2.24, 2.45) is 5.92 Å². The highest BCUT2D eigenvalue weighted by molar-refractivity contribution is 5.93. The van der Waals surface area contributed by atoms with Gasteiger partial charge < -0.3 is 15.2 Å². The summed E-state index contributed by atoms with van der Waals surface area (Å²) in [6.07, 6.45) is -0.292. The maximum Gasteiger partial charge on any atom is 0.416 e. The molecule has 0 radical (unpaired) electrons. The number of imidazole rings is 1. The van der Waals surface area contributed by atoms with Gasteiger partial charge in [0.25, 0.3) is 0 Å². The first-order chi connectivity index (χ1) is 13.4. The molecule has 28 heavy (non-hydrogen) atoms. The number of rotatable bonds is 3. The van der Waals surface area contributed by atoms with Gasteiger partial charge in [0.05, 0.1) is 11.9 Å². The molecule has 2 aromatic heterocycles. The minimum absolute atomic E-state index is 0.150. The van der Waals surface area contributed by atoms with Crippen molar-refractivity contribution < 1.29 is 18.0 Å². The highest BCUT2D eigenvalue weighted by Crippen LogP contribution is 2.31. The van der Waals surface area contributed by atoms with Gasteiger partial charge in [-0.15, -0.1) is 0 Å². The molecule has 1 saturated heterocycles. The van der Waals surface area contributed by atoms with Crippen LogP contribution in [-0.4, -0.2) is 38.9 Å². The standard InChI is InChI=1S/C18H17F3N6O/c19-18(20,21)12-2-1-3-13(8-12)26-17(28)11-4-6-27(7-5-11)16-14-15(23-9-22-14)24-10-25-16/h1-3,8-11H,4-7H2,(H,26,28)(H,22,23,24,25). The number of aromatic amines is 1. The van der Waals surface area contributed by atoms with Gasteiger partial charge in [0, 0.05) is 24.7 Å². The number of alkyl halides is 3. The highest BCUT2D eigenvalue weighted by Gasteiger charge is 2.31. The van der Waals surface area contributed by atoms with Crippen LogP contribution in [0.1, 0.15) is 18.4 Å². The Bertz CT molecular complexity index is 994. The molecule has 1 aliphatic heterocycles. The lowest BCUT2D eigenvalue weighted by atomic mass is 9.95. The number of hydrogen-bond donors (Lipinski definition) is 2. The summed E-state index contributed by atoms with van der Waals surface area (Å²) >= 11 is 0. The SMILES string of the molecule is O=C(Nc1cccc(C(F)(F)F)c1)C1CCN(c2ncnc3nc[nH]c23)CC1. The lowest BCUT2D eigenvalue weighted by Crippen LogP contribution is -2.38. The molecule has 3 heterocycles. The Morgan fingerprint density at radius 1 is 1.18 bits per heavy atom. The quantitative estimate of drug-likeness (QED) is 0.717. The predicted molar refractivity (Wildman–Crippen MR) is 96.7 cm³/mol. The van der Waals surface area contributed by atoms with Crippen molar-refractivity contribution in [3.63, 3.8) is 0 Å². The Morgan fingerprint density at radius 2 is 1.96 bits per heavy atom. The highest BCUT2D eigenvalue weighted by atomic mass is 19.4. The van der Waals surface area contributed by atoms with E-state index >= 15 is 0 Å². The number of halogens is 3. The first-order valence-electron chi connectivity index (χ1n) is 8.79. The number of carbonyl (C=O) groups excluding carboxylic acids is 1. The van der Waals surface area contributed by atoms with E-state index in [-0.39, 0.29) is 17.5 Å². The van der Waals surface area contributed by atoms with Crippen LogP contribution in [0.25, 0.3) is 11.2 Å². The topological polar surface area (TPSA) is 86.8 Å². The number of nitrogens with one attached hydrogen (secondary N) is 2. The molecule has 0 aliphatic carbocycles. The second-order valence-corrected chi connectivity index (χ2v) is 6.63. The summed E-state index contributed by atoms with van der Waals surface area (Å²) in [5.74, 6) is 0.192. The van der Waals surface area contributed by atoms with Crippen molar-refractivity contribution in [3.05, 3.63) is 42.5 Å². The van der Waals surface area contributed by atoms with Crippen LogP contribution in [-0.2, 0) is 11.0 Å². The molecular formula is C18H17F3N6O. The van der Waals surface area contributed by atoms with E-state index in [9.17, 15) is 18.0 Å². The minimum Gasteiger partial charge on any atom is -0.355 e. The van der Waals surface area contributed by atoms with Gasteiger partial charge in [0.1, 0.15) is 11.8 Å². The number of H-pyrrole nitrogens is 1. The molecule has 1 aliphatic rings. The average molecular weight is 390 g/mol. The molecule has 0 spiro atoms. The fourth-order valence-corrected chi connectivity index (χ4v) is 3.36. The van der Waals surface area contributed by atoms with E-state index in [1.165, 1.54) is 18.5 Å². The number of benzene rings is 1. The monoisotopic (exact) mass is 390 g/mol. The van der Waals surface area contributed by atoms with E-state index in [1.807, 2.05) is 0 Å². The van der Waals surface area contributed by atoms with Crippen molar-refractivity contribution in [2.45, 2.75) is 19.0 Å². The summed E-state index contributed by atoms with van der Waals surface area (Å²) in [6.45, 7) is 1.21. The van der Waals surface area contributed by atoms with E-state index in [4.69, 9.17) is 0 Å². The minimum atomic E-state index is -4.44. The van der Waals surface area contributed by atoms with Crippen LogP contribution in [0.3, 0.4) is 0 Å². The van der Waals surface area contributed by atoms with Gasteiger partial charge in [0.2, 0.25) is 5.91 Å². The maximum absolute atomic E-state index is 12.8. The fraction of sp³-hybridized carbons (Fsp3) is 0.333. The average Bonchev–Trinajstić information content (AvgIpc) is 3.16. The Kier molecular flexibility index (Phi) is 4.62. The van der Waals surface area contributed by atoms with Crippen molar-refractivity contribution in [1.82, 2.24) is 19.9 Å². The number of nitrogens with zero attached hydrogens (tertiary/aromatic N) is 4. The Balaban J connectivity index is 1.40. The summed E-state index contributed by atoms with van der Waals surface area (Å²) in [7, 11) is 0. The first kappa shape index (κ1) is 18.2. The van der Waals surface area contributed by atoms with Crippen LogP contribution < -0.4 is 10.2 Å². The van der Waals surface area contributed by atoms with E-state index in [1.54, 1.807) is 6.33 Å². The lowest BCUT2D eigenvalue weighted by molar-refractivity contribution is -0.137. The van der Waals surface area contributed by atoms with Crippen molar-refractivity contribution in [3.8, 4) is 0 Å². The molecule has 4 rings (SSSR count). The number of carbonyl (C=O) groups is 1. The Hall–Kier alpha value is -3.17. The van der Waals surface area contributed by atoms with Crippen molar-refractivity contribution in [1.29, 1.82) is 0 Å². The molecule has 2 N–H and O–H groups in total. The number of amides is 1. The van der Waals surface area contributed by atoms with Crippen LogP contribution >= 0.6 is 0 Å². The van der Waals surface area contributed by atoms with Gasteiger partial charge in [-0.2, -0.15) is 13.2 Å².